The summed E-state index contributed by atoms with van der Waals surface area (Å²) in [6.07, 6.45) is -0.600. The molecule has 1 N–H and O–H groups in total. The third-order valence-electron chi connectivity index (χ3n) is 4.57. The van der Waals surface area contributed by atoms with Crippen molar-refractivity contribution in [3.05, 3.63) is 23.1 Å². The molecule has 1 fully saturated rings. The van der Waals surface area contributed by atoms with E-state index in [-0.39, 0.29) is 0 Å². The summed E-state index contributed by atoms with van der Waals surface area (Å²) in [6, 6.07) is 1.68. The monoisotopic (exact) mass is 336 g/mol. The molecule has 132 valence electrons. The minimum absolute atomic E-state index is 0.311. The molecular weight excluding hydrogens is 312 g/mol. The van der Waals surface area contributed by atoms with Gasteiger partial charge in [-0.15, -0.1) is 0 Å². The predicted octanol–water partition coefficient (Wildman–Crippen LogP) is 1.33. The molecule has 7 heteroatoms. The topological polar surface area (TPSA) is 77.1 Å². The van der Waals surface area contributed by atoms with E-state index in [1.807, 2.05) is 13.8 Å². The van der Waals surface area contributed by atoms with Crippen LogP contribution in [0.2, 0.25) is 0 Å². The van der Waals surface area contributed by atoms with Crippen molar-refractivity contribution in [1.29, 1.82) is 0 Å². The number of methoxy groups -OCH3 is 1. The van der Waals surface area contributed by atoms with Gasteiger partial charge in [-0.2, -0.15) is 0 Å². The summed E-state index contributed by atoms with van der Waals surface area (Å²) in [4.78, 5) is 14.2. The molecule has 2 aromatic rings. The van der Waals surface area contributed by atoms with E-state index in [0.29, 0.717) is 37.6 Å². The van der Waals surface area contributed by atoms with E-state index in [1.165, 1.54) is 7.11 Å². The number of carbonyl (C=O) groups excluding carboxylic acids is 1. The fourth-order valence-corrected chi connectivity index (χ4v) is 3.21. The highest BCUT2D eigenvalue weighted by molar-refractivity contribution is 5.95. The van der Waals surface area contributed by atoms with E-state index in [1.54, 1.807) is 10.6 Å². The normalized spacial score (nSPS) is 17.3. The lowest BCUT2D eigenvalue weighted by Gasteiger charge is -2.28. The van der Waals surface area contributed by atoms with Crippen LogP contribution in [0.4, 0.5) is 0 Å². The number of furan rings is 1. The van der Waals surface area contributed by atoms with Gasteiger partial charge in [0.1, 0.15) is 11.5 Å². The molecule has 3 rings (SSSR count). The summed E-state index contributed by atoms with van der Waals surface area (Å²) >= 11 is 0. The first-order valence-electron chi connectivity index (χ1n) is 8.17. The molecule has 1 saturated heterocycles. The minimum Gasteiger partial charge on any atom is -0.464 e. The Bertz CT molecular complexity index is 727. The summed E-state index contributed by atoms with van der Waals surface area (Å²) in [5.74, 6) is 0.380. The van der Waals surface area contributed by atoms with Crippen LogP contribution in [-0.2, 0) is 16.0 Å². The number of aliphatic hydroxyl groups excluding tert-OH is 1. The Kier molecular flexibility index (Phi) is 4.93. The Hall–Kier alpha value is -1.83. The average Bonchev–Trinajstić information content (AvgIpc) is 3.05. The number of carbonyl (C=O) groups is 1. The Morgan fingerprint density at radius 3 is 2.71 bits per heavy atom. The molecule has 0 aliphatic carbocycles. The van der Waals surface area contributed by atoms with Crippen LogP contribution in [0.1, 0.15) is 21.8 Å². The van der Waals surface area contributed by atoms with E-state index in [9.17, 15) is 9.90 Å². The van der Waals surface area contributed by atoms with Gasteiger partial charge in [0.05, 0.1) is 38.5 Å². The summed E-state index contributed by atoms with van der Waals surface area (Å²) in [5.41, 5.74) is 2.85. The number of fused-ring (bicyclic) bond motifs is 1. The molecule has 0 spiro atoms. The number of aromatic nitrogens is 1. The lowest BCUT2D eigenvalue weighted by molar-refractivity contribution is 0.0115. The molecule has 3 heterocycles. The number of ether oxygens (including phenoxy) is 2. The van der Waals surface area contributed by atoms with E-state index in [4.69, 9.17) is 13.9 Å². The van der Waals surface area contributed by atoms with Crippen molar-refractivity contribution < 1.29 is 23.8 Å². The molecular formula is C17H24N2O5. The second-order valence-electron chi connectivity index (χ2n) is 6.19. The highest BCUT2D eigenvalue weighted by atomic mass is 16.5. The van der Waals surface area contributed by atoms with E-state index in [2.05, 4.69) is 4.90 Å². The molecule has 7 nitrogen and oxygen atoms in total. The second kappa shape index (κ2) is 6.96. The Balaban J connectivity index is 1.86. The number of β-amino-alcohol motifs (C(OH)–C–C–N with tert-alkyl or cyclic N) is 1. The number of nitrogens with zero attached hydrogens (tertiary/aromatic N) is 2. The number of hydrogen-bond donors (Lipinski definition) is 1. The van der Waals surface area contributed by atoms with Crippen LogP contribution in [0, 0.1) is 13.8 Å². The van der Waals surface area contributed by atoms with Gasteiger partial charge in [-0.1, -0.05) is 0 Å². The molecule has 0 aromatic carbocycles. The van der Waals surface area contributed by atoms with Crippen LogP contribution in [0.15, 0.2) is 10.5 Å². The molecule has 0 amide bonds. The van der Waals surface area contributed by atoms with Crippen LogP contribution in [0.25, 0.3) is 11.1 Å². The molecule has 0 saturated carbocycles. The zero-order valence-electron chi connectivity index (χ0n) is 14.4. The zero-order chi connectivity index (χ0) is 17.3. The molecule has 2 aromatic heterocycles. The minimum atomic E-state index is -0.600. The van der Waals surface area contributed by atoms with E-state index >= 15 is 0 Å². The highest BCUT2D eigenvalue weighted by Crippen LogP contribution is 2.29. The Morgan fingerprint density at radius 1 is 1.33 bits per heavy atom. The Morgan fingerprint density at radius 2 is 2.04 bits per heavy atom. The van der Waals surface area contributed by atoms with E-state index in [0.717, 1.165) is 29.9 Å². The van der Waals surface area contributed by atoms with E-state index < -0.39 is 12.1 Å². The first-order valence-corrected chi connectivity index (χ1v) is 8.17. The van der Waals surface area contributed by atoms with Gasteiger partial charge < -0.3 is 23.6 Å². The van der Waals surface area contributed by atoms with Crippen LogP contribution < -0.4 is 0 Å². The molecule has 0 bridgehead atoms. The molecule has 1 atom stereocenters. The van der Waals surface area contributed by atoms with Crippen molar-refractivity contribution in [3.63, 3.8) is 0 Å². The largest absolute Gasteiger partial charge is 0.464 e. The first-order chi connectivity index (χ1) is 11.5. The number of aryl methyl sites for hydroxylation is 2. The number of hydrogen-bond acceptors (Lipinski definition) is 6. The molecule has 0 unspecified atom stereocenters. The summed E-state index contributed by atoms with van der Waals surface area (Å²) in [7, 11) is 1.35. The van der Waals surface area contributed by atoms with Crippen LogP contribution in [-0.4, -0.2) is 66.6 Å². The lowest BCUT2D eigenvalue weighted by atomic mass is 10.2. The van der Waals surface area contributed by atoms with Crippen molar-refractivity contribution in [2.75, 3.05) is 40.0 Å². The predicted molar refractivity (Wildman–Crippen MR) is 88.3 cm³/mol. The molecule has 24 heavy (non-hydrogen) atoms. The van der Waals surface area contributed by atoms with Gasteiger partial charge >= 0.3 is 5.97 Å². The summed E-state index contributed by atoms with van der Waals surface area (Å²) in [5, 5.41) is 10.5. The average molecular weight is 336 g/mol. The van der Waals surface area contributed by atoms with Crippen LogP contribution in [0.5, 0.6) is 0 Å². The SMILES string of the molecule is COC(=O)c1cc2oc(C)c(C)c2n1C[C@H](O)CN1CCOCC1. The first kappa shape index (κ1) is 17.0. The fraction of sp³-hybridized carbons (Fsp3) is 0.588. The maximum absolute atomic E-state index is 12.1. The number of esters is 1. The zero-order valence-corrected chi connectivity index (χ0v) is 14.4. The van der Waals surface area contributed by atoms with Gasteiger partial charge in [-0.05, 0) is 13.8 Å². The summed E-state index contributed by atoms with van der Waals surface area (Å²) < 4.78 is 17.7. The van der Waals surface area contributed by atoms with Crippen molar-refractivity contribution in [1.82, 2.24) is 9.47 Å². The van der Waals surface area contributed by atoms with Crippen LogP contribution in [0.3, 0.4) is 0 Å². The smallest absolute Gasteiger partial charge is 0.354 e. The standard InChI is InChI=1S/C17H24N2O5/c1-11-12(2)24-15-8-14(17(21)22-3)19(16(11)15)10-13(20)9-18-4-6-23-7-5-18/h8,13,20H,4-7,9-10H2,1-3H3/t13-/m1/s1. The van der Waals surface area contributed by atoms with Gasteiger partial charge in [-0.25, -0.2) is 4.79 Å². The van der Waals surface area contributed by atoms with Gasteiger partial charge in [0.2, 0.25) is 0 Å². The Labute approximate surface area is 140 Å². The summed E-state index contributed by atoms with van der Waals surface area (Å²) in [6.45, 7) is 7.69. The van der Waals surface area contributed by atoms with Gasteiger partial charge in [-0.3, -0.25) is 4.90 Å². The highest BCUT2D eigenvalue weighted by Gasteiger charge is 2.24. The molecule has 1 aliphatic heterocycles. The second-order valence-corrected chi connectivity index (χ2v) is 6.19. The van der Waals surface area contributed by atoms with Gasteiger partial charge in [0.25, 0.3) is 0 Å². The van der Waals surface area contributed by atoms with Crippen molar-refractivity contribution in [2.24, 2.45) is 0 Å². The van der Waals surface area contributed by atoms with Crippen molar-refractivity contribution in [3.8, 4) is 0 Å². The number of aliphatic hydroxyl groups is 1. The van der Waals surface area contributed by atoms with Crippen molar-refractivity contribution >= 4 is 17.1 Å². The fourth-order valence-electron chi connectivity index (χ4n) is 3.21. The number of morpholine rings is 1. The quantitative estimate of drug-likeness (QED) is 0.830. The maximum Gasteiger partial charge on any atom is 0.354 e. The third kappa shape index (κ3) is 3.19. The lowest BCUT2D eigenvalue weighted by Crippen LogP contribution is -2.42. The van der Waals surface area contributed by atoms with Crippen LogP contribution >= 0.6 is 0 Å². The molecule has 1 aliphatic rings. The van der Waals surface area contributed by atoms with Gasteiger partial charge in [0, 0.05) is 31.3 Å². The van der Waals surface area contributed by atoms with Gasteiger partial charge in [0.15, 0.2) is 5.58 Å². The third-order valence-corrected chi connectivity index (χ3v) is 4.57. The number of rotatable bonds is 5. The molecule has 0 radical (unpaired) electrons. The maximum atomic E-state index is 12.1. The van der Waals surface area contributed by atoms with Crippen molar-refractivity contribution in [2.45, 2.75) is 26.5 Å².